The summed E-state index contributed by atoms with van der Waals surface area (Å²) in [4.78, 5) is -0.369. The molecular weight excluding hydrogens is 262 g/mol. The third kappa shape index (κ3) is 3.72. The van der Waals surface area contributed by atoms with Crippen LogP contribution in [0.2, 0.25) is 0 Å². The van der Waals surface area contributed by atoms with Crippen molar-refractivity contribution in [2.45, 2.75) is 11.3 Å². The molecule has 4 nitrogen and oxygen atoms in total. The van der Waals surface area contributed by atoms with Crippen molar-refractivity contribution in [3.05, 3.63) is 29.8 Å². The zero-order chi connectivity index (χ0) is 13.8. The molecule has 18 heavy (non-hydrogen) atoms. The van der Waals surface area contributed by atoms with Crippen molar-refractivity contribution < 1.29 is 17.2 Å². The Bertz CT molecular complexity index is 486. The summed E-state index contributed by atoms with van der Waals surface area (Å²) in [6.07, 6.45) is 0.615. The second kappa shape index (κ2) is 6.21. The van der Waals surface area contributed by atoms with E-state index >= 15 is 0 Å². The van der Waals surface area contributed by atoms with Crippen LogP contribution in [-0.4, -0.2) is 39.9 Å². The normalized spacial score (nSPS) is 12.1. The van der Waals surface area contributed by atoms with E-state index in [-0.39, 0.29) is 11.4 Å². The van der Waals surface area contributed by atoms with Gasteiger partial charge in [-0.05, 0) is 32.1 Å². The number of rotatable bonds is 6. The van der Waals surface area contributed by atoms with Gasteiger partial charge in [-0.1, -0.05) is 0 Å². The van der Waals surface area contributed by atoms with Gasteiger partial charge in [0.05, 0.1) is 4.90 Å². The molecule has 1 aromatic carbocycles. The Hall–Kier alpha value is -1.05. The molecule has 0 aromatic heterocycles. The lowest BCUT2D eigenvalue weighted by atomic mass is 10.3. The van der Waals surface area contributed by atoms with Crippen LogP contribution in [-0.2, 0) is 10.0 Å². The molecule has 0 spiro atoms. The van der Waals surface area contributed by atoms with Gasteiger partial charge in [0.2, 0.25) is 10.0 Å². The third-order valence-corrected chi connectivity index (χ3v) is 4.28. The molecule has 0 saturated carbocycles. The molecule has 0 atom stereocenters. The maximum Gasteiger partial charge on any atom is 0.243 e. The molecule has 0 heterocycles. The van der Waals surface area contributed by atoms with Crippen LogP contribution < -0.4 is 5.32 Å². The Kier molecular flexibility index (Phi) is 5.18. The lowest BCUT2D eigenvalue weighted by Gasteiger charge is -2.17. The number of nitrogens with zero attached hydrogens (tertiary/aromatic N) is 1. The number of halogens is 2. The van der Waals surface area contributed by atoms with Gasteiger partial charge in [0.15, 0.2) is 0 Å². The van der Waals surface area contributed by atoms with Gasteiger partial charge in [0, 0.05) is 19.7 Å². The van der Waals surface area contributed by atoms with Crippen molar-refractivity contribution in [1.29, 1.82) is 0 Å². The molecule has 1 N–H and O–H groups in total. The second-order valence-corrected chi connectivity index (χ2v) is 5.93. The van der Waals surface area contributed by atoms with Crippen LogP contribution in [0.5, 0.6) is 0 Å². The summed E-state index contributed by atoms with van der Waals surface area (Å²) in [7, 11) is -0.696. The highest BCUT2D eigenvalue weighted by molar-refractivity contribution is 7.89. The first-order chi connectivity index (χ1) is 8.37. The Balaban J connectivity index is 2.91. The minimum Gasteiger partial charge on any atom is -0.320 e. The fraction of sp³-hybridized carbons (Fsp3) is 0.455. The molecule has 1 rings (SSSR count). The van der Waals surface area contributed by atoms with E-state index in [1.807, 2.05) is 0 Å². The molecule has 0 aliphatic carbocycles. The van der Waals surface area contributed by atoms with Gasteiger partial charge in [-0.3, -0.25) is 0 Å². The summed E-state index contributed by atoms with van der Waals surface area (Å²) >= 11 is 0. The fourth-order valence-electron chi connectivity index (χ4n) is 1.46. The molecule has 0 radical (unpaired) electrons. The van der Waals surface area contributed by atoms with Gasteiger partial charge >= 0.3 is 0 Å². The zero-order valence-corrected chi connectivity index (χ0v) is 11.1. The van der Waals surface area contributed by atoms with Crippen LogP contribution in [0.15, 0.2) is 23.1 Å². The number of sulfonamides is 1. The minimum absolute atomic E-state index is 0.279. The van der Waals surface area contributed by atoms with Crippen molar-refractivity contribution >= 4 is 10.0 Å². The summed E-state index contributed by atoms with van der Waals surface area (Å²) in [5.41, 5.74) is 0. The number of hydrogen-bond acceptors (Lipinski definition) is 3. The molecule has 0 aliphatic rings. The van der Waals surface area contributed by atoms with E-state index in [1.54, 1.807) is 7.05 Å². The summed E-state index contributed by atoms with van der Waals surface area (Å²) in [5.74, 6) is -1.81. The number of hydrogen-bond donors (Lipinski definition) is 1. The SMILES string of the molecule is CNCCCN(C)S(=O)(=O)c1cc(F)cc(F)c1. The van der Waals surface area contributed by atoms with Gasteiger partial charge in [-0.2, -0.15) is 0 Å². The van der Waals surface area contributed by atoms with E-state index in [1.165, 1.54) is 7.05 Å². The van der Waals surface area contributed by atoms with Gasteiger partial charge < -0.3 is 5.32 Å². The molecule has 0 aliphatic heterocycles. The van der Waals surface area contributed by atoms with Gasteiger partial charge in [0.25, 0.3) is 0 Å². The van der Waals surface area contributed by atoms with Crippen molar-refractivity contribution in [3.8, 4) is 0 Å². The Labute approximate surface area is 106 Å². The molecule has 0 amide bonds. The largest absolute Gasteiger partial charge is 0.320 e. The van der Waals surface area contributed by atoms with Gasteiger partial charge in [-0.25, -0.2) is 21.5 Å². The molecule has 0 bridgehead atoms. The Morgan fingerprint density at radius 1 is 1.22 bits per heavy atom. The summed E-state index contributed by atoms with van der Waals surface area (Å²) in [6, 6.07) is 2.26. The lowest BCUT2D eigenvalue weighted by Crippen LogP contribution is -2.29. The van der Waals surface area contributed by atoms with Crippen molar-refractivity contribution in [3.63, 3.8) is 0 Å². The maximum absolute atomic E-state index is 13.0. The second-order valence-electron chi connectivity index (χ2n) is 3.89. The van der Waals surface area contributed by atoms with E-state index in [0.717, 1.165) is 16.4 Å². The van der Waals surface area contributed by atoms with Crippen LogP contribution in [0.1, 0.15) is 6.42 Å². The van der Waals surface area contributed by atoms with E-state index in [4.69, 9.17) is 0 Å². The van der Waals surface area contributed by atoms with E-state index in [2.05, 4.69) is 5.32 Å². The average molecular weight is 278 g/mol. The van der Waals surface area contributed by atoms with Crippen molar-refractivity contribution in [2.75, 3.05) is 27.2 Å². The molecule has 1 aromatic rings. The van der Waals surface area contributed by atoms with Gasteiger partial charge in [-0.15, -0.1) is 0 Å². The first-order valence-corrected chi connectivity index (χ1v) is 6.89. The van der Waals surface area contributed by atoms with Crippen LogP contribution in [0.4, 0.5) is 8.78 Å². The molecular formula is C11H16F2N2O2S. The number of benzene rings is 1. The van der Waals surface area contributed by atoms with E-state index in [9.17, 15) is 17.2 Å². The molecule has 102 valence electrons. The molecule has 0 fully saturated rings. The Morgan fingerprint density at radius 3 is 2.28 bits per heavy atom. The highest BCUT2D eigenvalue weighted by Crippen LogP contribution is 2.17. The quantitative estimate of drug-likeness (QED) is 0.795. The first kappa shape index (κ1) is 15.0. The predicted octanol–water partition coefficient (Wildman–Crippen LogP) is 1.19. The average Bonchev–Trinajstić information content (AvgIpc) is 2.27. The standard InChI is InChI=1S/C11H16F2N2O2S/c1-14-4-3-5-15(2)18(16,17)11-7-9(12)6-10(13)8-11/h6-8,14H,3-5H2,1-2H3. The monoisotopic (exact) mass is 278 g/mol. The topological polar surface area (TPSA) is 49.4 Å². The first-order valence-electron chi connectivity index (χ1n) is 5.45. The van der Waals surface area contributed by atoms with E-state index in [0.29, 0.717) is 19.0 Å². The van der Waals surface area contributed by atoms with Crippen LogP contribution in [0.3, 0.4) is 0 Å². The van der Waals surface area contributed by atoms with Crippen molar-refractivity contribution in [1.82, 2.24) is 9.62 Å². The van der Waals surface area contributed by atoms with Crippen LogP contribution in [0.25, 0.3) is 0 Å². The third-order valence-electron chi connectivity index (χ3n) is 2.44. The molecule has 0 unspecified atom stereocenters. The highest BCUT2D eigenvalue weighted by atomic mass is 32.2. The predicted molar refractivity (Wildman–Crippen MR) is 64.7 cm³/mol. The van der Waals surface area contributed by atoms with Gasteiger partial charge in [0.1, 0.15) is 11.6 Å². The highest BCUT2D eigenvalue weighted by Gasteiger charge is 2.21. The molecule has 0 saturated heterocycles. The van der Waals surface area contributed by atoms with Crippen LogP contribution >= 0.6 is 0 Å². The lowest BCUT2D eigenvalue weighted by molar-refractivity contribution is 0.456. The Morgan fingerprint density at radius 2 is 1.78 bits per heavy atom. The zero-order valence-electron chi connectivity index (χ0n) is 10.3. The maximum atomic E-state index is 13.0. The minimum atomic E-state index is -3.84. The smallest absolute Gasteiger partial charge is 0.243 e. The van der Waals surface area contributed by atoms with Crippen LogP contribution in [0, 0.1) is 11.6 Å². The summed E-state index contributed by atoms with van der Waals surface area (Å²) in [6.45, 7) is 0.943. The molecule has 7 heteroatoms. The van der Waals surface area contributed by atoms with E-state index < -0.39 is 21.7 Å². The summed E-state index contributed by atoms with van der Waals surface area (Å²) in [5, 5.41) is 2.89. The van der Waals surface area contributed by atoms with Crippen molar-refractivity contribution in [2.24, 2.45) is 0 Å². The summed E-state index contributed by atoms with van der Waals surface area (Å²) < 4.78 is 51.1. The fourth-order valence-corrected chi connectivity index (χ4v) is 2.71. The number of nitrogens with one attached hydrogen (secondary N) is 1.